The molecular weight excluding hydrogens is 238 g/mol. The molecule has 0 spiro atoms. The third-order valence-corrected chi connectivity index (χ3v) is 3.16. The lowest BCUT2D eigenvalue weighted by atomic mass is 9.91. The number of hydrogen-bond donors (Lipinski definition) is 1. The first-order valence-corrected chi connectivity index (χ1v) is 6.06. The Labute approximate surface area is 112 Å². The van der Waals surface area contributed by atoms with Gasteiger partial charge in [0.05, 0.1) is 11.9 Å². The average molecular weight is 255 g/mol. The Morgan fingerprint density at radius 3 is 2.47 bits per heavy atom. The lowest BCUT2D eigenvalue weighted by molar-refractivity contribution is -0.123. The molecule has 2 aromatic rings. The maximum atomic E-state index is 12.5. The van der Waals surface area contributed by atoms with Crippen LogP contribution >= 0.6 is 0 Å². The summed E-state index contributed by atoms with van der Waals surface area (Å²) in [5.74, 6) is -0.174. The third-order valence-electron chi connectivity index (χ3n) is 3.16. The fraction of sp³-hybridized carbons (Fsp3) is 0.200. The van der Waals surface area contributed by atoms with Gasteiger partial charge in [0.25, 0.3) is 5.91 Å². The zero-order valence-electron chi connectivity index (χ0n) is 11.1. The molecule has 98 valence electrons. The van der Waals surface area contributed by atoms with Crippen LogP contribution in [0.3, 0.4) is 0 Å². The number of nitrogens with two attached hydrogens (primary N) is 1. The number of carbonyl (C=O) groups excluding carboxylic acids is 1. The van der Waals surface area contributed by atoms with E-state index in [0.29, 0.717) is 0 Å². The Bertz CT molecular complexity index is 552. The molecule has 4 heteroatoms. The van der Waals surface area contributed by atoms with Gasteiger partial charge in [-0.15, -0.1) is 0 Å². The molecule has 0 aliphatic carbocycles. The Morgan fingerprint density at radius 2 is 1.89 bits per heavy atom. The van der Waals surface area contributed by atoms with Gasteiger partial charge in [-0.25, -0.2) is 0 Å². The Morgan fingerprint density at radius 1 is 1.21 bits per heavy atom. The van der Waals surface area contributed by atoms with Gasteiger partial charge < -0.3 is 10.6 Å². The molecule has 1 aromatic carbocycles. The van der Waals surface area contributed by atoms with Crippen molar-refractivity contribution < 1.29 is 4.79 Å². The highest BCUT2D eigenvalue weighted by atomic mass is 16.2. The molecule has 4 nitrogen and oxygen atoms in total. The number of likely N-dealkylation sites (N-methyl/N-ethyl adjacent to an activating group) is 1. The van der Waals surface area contributed by atoms with Gasteiger partial charge in [0.1, 0.15) is 5.54 Å². The average Bonchev–Trinajstić information content (AvgIpc) is 2.47. The monoisotopic (exact) mass is 255 g/mol. The summed E-state index contributed by atoms with van der Waals surface area (Å²) < 4.78 is 0. The van der Waals surface area contributed by atoms with Gasteiger partial charge in [0.15, 0.2) is 0 Å². The smallest absolute Gasteiger partial charge is 0.251 e. The first-order chi connectivity index (χ1) is 9.03. The van der Waals surface area contributed by atoms with E-state index in [0.717, 1.165) is 11.3 Å². The summed E-state index contributed by atoms with van der Waals surface area (Å²) in [4.78, 5) is 18.1. The highest BCUT2D eigenvalue weighted by Crippen LogP contribution is 2.22. The first kappa shape index (κ1) is 13.2. The minimum Gasteiger partial charge on any atom is -0.314 e. The molecule has 0 fully saturated rings. The van der Waals surface area contributed by atoms with Gasteiger partial charge in [0.2, 0.25) is 0 Å². The SMILES string of the molecule is CN(C(=O)C(C)(N)c1ccccc1)c1cccnc1. The van der Waals surface area contributed by atoms with Crippen LogP contribution in [0.25, 0.3) is 0 Å². The van der Waals surface area contributed by atoms with Crippen molar-refractivity contribution in [1.82, 2.24) is 4.98 Å². The van der Waals surface area contributed by atoms with Crippen molar-refractivity contribution in [2.24, 2.45) is 5.73 Å². The van der Waals surface area contributed by atoms with Gasteiger partial charge in [-0.05, 0) is 24.6 Å². The molecule has 1 atom stereocenters. The number of aromatic nitrogens is 1. The largest absolute Gasteiger partial charge is 0.314 e. The van der Waals surface area contributed by atoms with Crippen LogP contribution in [-0.2, 0) is 10.3 Å². The quantitative estimate of drug-likeness (QED) is 0.911. The molecule has 19 heavy (non-hydrogen) atoms. The van der Waals surface area contributed by atoms with Crippen molar-refractivity contribution in [1.29, 1.82) is 0 Å². The van der Waals surface area contributed by atoms with Crippen molar-refractivity contribution in [3.8, 4) is 0 Å². The van der Waals surface area contributed by atoms with Crippen molar-refractivity contribution in [2.45, 2.75) is 12.5 Å². The summed E-state index contributed by atoms with van der Waals surface area (Å²) in [7, 11) is 1.70. The Kier molecular flexibility index (Phi) is 3.62. The van der Waals surface area contributed by atoms with Gasteiger partial charge in [-0.3, -0.25) is 9.78 Å². The lowest BCUT2D eigenvalue weighted by Crippen LogP contribution is -2.49. The van der Waals surface area contributed by atoms with Gasteiger partial charge in [0, 0.05) is 13.2 Å². The number of amides is 1. The number of nitrogens with zero attached hydrogens (tertiary/aromatic N) is 2. The van der Waals surface area contributed by atoms with Crippen LogP contribution in [-0.4, -0.2) is 17.9 Å². The molecule has 1 heterocycles. The van der Waals surface area contributed by atoms with E-state index in [-0.39, 0.29) is 5.91 Å². The fourth-order valence-corrected chi connectivity index (χ4v) is 1.93. The van der Waals surface area contributed by atoms with Crippen molar-refractivity contribution >= 4 is 11.6 Å². The normalized spacial score (nSPS) is 13.6. The molecule has 1 amide bonds. The van der Waals surface area contributed by atoms with E-state index < -0.39 is 5.54 Å². The fourth-order valence-electron chi connectivity index (χ4n) is 1.93. The summed E-state index contributed by atoms with van der Waals surface area (Å²) in [6, 6.07) is 13.0. The van der Waals surface area contributed by atoms with Crippen LogP contribution in [0.15, 0.2) is 54.9 Å². The Balaban J connectivity index is 2.29. The van der Waals surface area contributed by atoms with Crippen molar-refractivity contribution in [3.63, 3.8) is 0 Å². The number of rotatable bonds is 3. The van der Waals surface area contributed by atoms with Gasteiger partial charge >= 0.3 is 0 Å². The van der Waals surface area contributed by atoms with E-state index in [4.69, 9.17) is 5.73 Å². The molecule has 1 aromatic heterocycles. The summed E-state index contributed by atoms with van der Waals surface area (Å²) in [6.07, 6.45) is 3.31. The highest BCUT2D eigenvalue weighted by molar-refractivity contribution is 5.99. The summed E-state index contributed by atoms with van der Waals surface area (Å²) in [5.41, 5.74) is 6.65. The minimum absolute atomic E-state index is 0.174. The number of anilines is 1. The number of hydrogen-bond acceptors (Lipinski definition) is 3. The third kappa shape index (κ3) is 2.63. The van der Waals surface area contributed by atoms with Crippen LogP contribution in [0, 0.1) is 0 Å². The summed E-state index contributed by atoms with van der Waals surface area (Å²) >= 11 is 0. The summed E-state index contributed by atoms with van der Waals surface area (Å²) in [5, 5.41) is 0. The molecule has 0 radical (unpaired) electrons. The first-order valence-electron chi connectivity index (χ1n) is 6.06. The zero-order chi connectivity index (χ0) is 13.9. The molecule has 1 unspecified atom stereocenters. The van der Waals surface area contributed by atoms with E-state index in [9.17, 15) is 4.79 Å². The molecule has 2 rings (SSSR count). The maximum Gasteiger partial charge on any atom is 0.251 e. The van der Waals surface area contributed by atoms with E-state index in [1.54, 1.807) is 32.4 Å². The van der Waals surface area contributed by atoms with Crippen LogP contribution in [0.4, 0.5) is 5.69 Å². The molecule has 2 N–H and O–H groups in total. The number of benzene rings is 1. The zero-order valence-corrected chi connectivity index (χ0v) is 11.1. The lowest BCUT2D eigenvalue weighted by Gasteiger charge is -2.29. The summed E-state index contributed by atoms with van der Waals surface area (Å²) in [6.45, 7) is 1.72. The Hall–Kier alpha value is -2.20. The van der Waals surface area contributed by atoms with Gasteiger partial charge in [-0.1, -0.05) is 30.3 Å². The molecule has 0 saturated heterocycles. The molecule has 0 saturated carbocycles. The molecular formula is C15H17N3O. The second kappa shape index (κ2) is 5.20. The standard InChI is InChI=1S/C15H17N3O/c1-15(16,12-7-4-3-5-8-12)14(19)18(2)13-9-6-10-17-11-13/h3-11H,16H2,1-2H3. The highest BCUT2D eigenvalue weighted by Gasteiger charge is 2.33. The number of pyridine rings is 1. The van der Waals surface area contributed by atoms with Crippen molar-refractivity contribution in [3.05, 3.63) is 60.4 Å². The second-order valence-electron chi connectivity index (χ2n) is 4.64. The van der Waals surface area contributed by atoms with Crippen LogP contribution in [0.5, 0.6) is 0 Å². The minimum atomic E-state index is -1.06. The topological polar surface area (TPSA) is 59.2 Å². The van der Waals surface area contributed by atoms with Crippen LogP contribution in [0.2, 0.25) is 0 Å². The predicted molar refractivity (Wildman–Crippen MR) is 75.6 cm³/mol. The van der Waals surface area contributed by atoms with E-state index >= 15 is 0 Å². The molecule has 0 aliphatic heterocycles. The predicted octanol–water partition coefficient (Wildman–Crippen LogP) is 1.92. The maximum absolute atomic E-state index is 12.5. The van der Waals surface area contributed by atoms with Crippen LogP contribution in [0.1, 0.15) is 12.5 Å². The molecule has 0 bridgehead atoms. The molecule has 0 aliphatic rings. The van der Waals surface area contributed by atoms with E-state index in [1.807, 2.05) is 36.4 Å². The van der Waals surface area contributed by atoms with E-state index in [2.05, 4.69) is 4.98 Å². The van der Waals surface area contributed by atoms with Crippen molar-refractivity contribution in [2.75, 3.05) is 11.9 Å². The van der Waals surface area contributed by atoms with Crippen LogP contribution < -0.4 is 10.6 Å². The van der Waals surface area contributed by atoms with Gasteiger partial charge in [-0.2, -0.15) is 0 Å². The number of carbonyl (C=O) groups is 1. The second-order valence-corrected chi connectivity index (χ2v) is 4.64. The van der Waals surface area contributed by atoms with E-state index in [1.165, 1.54) is 4.90 Å².